The Morgan fingerprint density at radius 2 is 2.50 bits per heavy atom. The van der Waals surface area contributed by atoms with Gasteiger partial charge in [0.2, 0.25) is 0 Å². The number of rotatable bonds is 6. The number of hydrogen-bond acceptors (Lipinski definition) is 3. The minimum atomic E-state index is -0.00449. The fourth-order valence-corrected chi connectivity index (χ4v) is 0.569. The van der Waals surface area contributed by atoms with Gasteiger partial charge < -0.3 is 15.2 Å². The molecular formula is C7H15NO2. The number of hydrogen-bond donors (Lipinski definition) is 2. The predicted molar refractivity (Wildman–Crippen MR) is 40.9 cm³/mol. The van der Waals surface area contributed by atoms with Crippen molar-refractivity contribution in [3.05, 3.63) is 12.7 Å². The summed E-state index contributed by atoms with van der Waals surface area (Å²) in [6.45, 7) is 5.04. The van der Waals surface area contributed by atoms with Crippen molar-refractivity contribution < 1.29 is 9.84 Å². The second-order valence-electron chi connectivity index (χ2n) is 1.97. The number of ether oxygens (including phenoxy) is 1. The molecule has 3 nitrogen and oxygen atoms in total. The van der Waals surface area contributed by atoms with E-state index in [1.54, 1.807) is 13.2 Å². The standard InChI is InChI=1S/C7H15NO2/c1-3-7(6-9)8-4-5-10-2/h3,7-9H,1,4-6H2,2H3. The van der Waals surface area contributed by atoms with E-state index in [0.717, 1.165) is 6.54 Å². The summed E-state index contributed by atoms with van der Waals surface area (Å²) >= 11 is 0. The van der Waals surface area contributed by atoms with Crippen molar-refractivity contribution in [2.45, 2.75) is 6.04 Å². The van der Waals surface area contributed by atoms with Gasteiger partial charge in [0.05, 0.1) is 13.2 Å². The van der Waals surface area contributed by atoms with Crippen LogP contribution in [-0.4, -0.2) is 38.0 Å². The van der Waals surface area contributed by atoms with Crippen molar-refractivity contribution in [1.82, 2.24) is 5.32 Å². The van der Waals surface area contributed by atoms with Crippen LogP contribution in [0.1, 0.15) is 0 Å². The quantitative estimate of drug-likeness (QED) is 0.400. The summed E-state index contributed by atoms with van der Waals surface area (Å²) in [6, 6.07) is -0.00449. The summed E-state index contributed by atoms with van der Waals surface area (Å²) in [4.78, 5) is 0. The zero-order chi connectivity index (χ0) is 7.82. The van der Waals surface area contributed by atoms with E-state index in [9.17, 15) is 0 Å². The van der Waals surface area contributed by atoms with E-state index in [2.05, 4.69) is 11.9 Å². The van der Waals surface area contributed by atoms with Gasteiger partial charge in [-0.05, 0) is 0 Å². The van der Waals surface area contributed by atoms with Crippen LogP contribution in [0.5, 0.6) is 0 Å². The average Bonchev–Trinajstić information content (AvgIpc) is 1.99. The molecule has 60 valence electrons. The monoisotopic (exact) mass is 145 g/mol. The number of nitrogens with one attached hydrogen (secondary N) is 1. The van der Waals surface area contributed by atoms with E-state index < -0.39 is 0 Å². The molecule has 0 amide bonds. The van der Waals surface area contributed by atoms with Gasteiger partial charge in [-0.2, -0.15) is 0 Å². The Kier molecular flexibility index (Phi) is 6.48. The van der Waals surface area contributed by atoms with E-state index in [1.807, 2.05) is 0 Å². The molecule has 0 aromatic rings. The first kappa shape index (κ1) is 9.62. The van der Waals surface area contributed by atoms with Gasteiger partial charge in [0.1, 0.15) is 0 Å². The van der Waals surface area contributed by atoms with Gasteiger partial charge in [-0.3, -0.25) is 0 Å². The number of aliphatic hydroxyl groups excluding tert-OH is 1. The summed E-state index contributed by atoms with van der Waals surface area (Å²) in [5.41, 5.74) is 0. The van der Waals surface area contributed by atoms with E-state index >= 15 is 0 Å². The summed E-state index contributed by atoms with van der Waals surface area (Å²) in [5, 5.41) is 11.7. The van der Waals surface area contributed by atoms with Crippen molar-refractivity contribution in [2.24, 2.45) is 0 Å². The number of methoxy groups -OCH3 is 1. The second-order valence-corrected chi connectivity index (χ2v) is 1.97. The molecule has 0 spiro atoms. The Balaban J connectivity index is 3.17. The lowest BCUT2D eigenvalue weighted by atomic mass is 10.3. The highest BCUT2D eigenvalue weighted by molar-refractivity contribution is 4.84. The normalized spacial score (nSPS) is 13.0. The van der Waals surface area contributed by atoms with Crippen molar-refractivity contribution in [2.75, 3.05) is 26.9 Å². The van der Waals surface area contributed by atoms with Crippen LogP contribution in [0.2, 0.25) is 0 Å². The van der Waals surface area contributed by atoms with Gasteiger partial charge in [0.15, 0.2) is 0 Å². The fraction of sp³-hybridized carbons (Fsp3) is 0.714. The van der Waals surface area contributed by atoms with Gasteiger partial charge in [-0.1, -0.05) is 6.08 Å². The smallest absolute Gasteiger partial charge is 0.0620 e. The van der Waals surface area contributed by atoms with Gasteiger partial charge in [0, 0.05) is 19.7 Å². The van der Waals surface area contributed by atoms with Crippen LogP contribution >= 0.6 is 0 Å². The zero-order valence-electron chi connectivity index (χ0n) is 6.34. The van der Waals surface area contributed by atoms with E-state index in [1.165, 1.54) is 0 Å². The first-order valence-corrected chi connectivity index (χ1v) is 3.31. The molecule has 0 aromatic carbocycles. The third-order valence-corrected chi connectivity index (χ3v) is 1.19. The van der Waals surface area contributed by atoms with Gasteiger partial charge in [-0.15, -0.1) is 6.58 Å². The third kappa shape index (κ3) is 4.49. The molecule has 0 rings (SSSR count). The molecule has 0 heterocycles. The molecule has 0 aromatic heterocycles. The molecule has 0 saturated heterocycles. The Bertz CT molecular complexity index is 85.7. The molecule has 10 heavy (non-hydrogen) atoms. The Morgan fingerprint density at radius 1 is 1.80 bits per heavy atom. The largest absolute Gasteiger partial charge is 0.394 e. The minimum Gasteiger partial charge on any atom is -0.394 e. The SMILES string of the molecule is C=CC(CO)NCCOC. The second kappa shape index (κ2) is 6.74. The zero-order valence-corrected chi connectivity index (χ0v) is 6.34. The Labute approximate surface area is 61.7 Å². The molecule has 1 unspecified atom stereocenters. The van der Waals surface area contributed by atoms with Crippen LogP contribution in [-0.2, 0) is 4.74 Å². The van der Waals surface area contributed by atoms with Crippen molar-refractivity contribution >= 4 is 0 Å². The van der Waals surface area contributed by atoms with Crippen molar-refractivity contribution in [1.29, 1.82) is 0 Å². The highest BCUT2D eigenvalue weighted by Gasteiger charge is 1.97. The molecule has 0 aliphatic heterocycles. The Morgan fingerprint density at radius 3 is 2.90 bits per heavy atom. The Hall–Kier alpha value is -0.380. The first-order valence-electron chi connectivity index (χ1n) is 3.31. The van der Waals surface area contributed by atoms with Crippen molar-refractivity contribution in [3.63, 3.8) is 0 Å². The summed E-state index contributed by atoms with van der Waals surface area (Å²) in [5.74, 6) is 0. The molecule has 3 heteroatoms. The molecule has 0 bridgehead atoms. The lowest BCUT2D eigenvalue weighted by Gasteiger charge is -2.09. The predicted octanol–water partition coefficient (Wildman–Crippen LogP) is -0.231. The van der Waals surface area contributed by atoms with Crippen LogP contribution in [0.25, 0.3) is 0 Å². The lowest BCUT2D eigenvalue weighted by Crippen LogP contribution is -2.32. The molecule has 1 atom stereocenters. The van der Waals surface area contributed by atoms with E-state index in [-0.39, 0.29) is 12.6 Å². The van der Waals surface area contributed by atoms with Crippen LogP contribution in [0, 0.1) is 0 Å². The van der Waals surface area contributed by atoms with Crippen molar-refractivity contribution in [3.8, 4) is 0 Å². The number of aliphatic hydroxyl groups is 1. The molecule has 0 aliphatic rings. The maximum atomic E-state index is 8.65. The molecular weight excluding hydrogens is 130 g/mol. The molecule has 2 N–H and O–H groups in total. The van der Waals surface area contributed by atoms with E-state index in [4.69, 9.17) is 9.84 Å². The maximum Gasteiger partial charge on any atom is 0.0620 e. The molecule has 0 radical (unpaired) electrons. The summed E-state index contributed by atoms with van der Waals surface area (Å²) in [7, 11) is 1.64. The van der Waals surface area contributed by atoms with E-state index in [0.29, 0.717) is 6.61 Å². The summed E-state index contributed by atoms with van der Waals surface area (Å²) < 4.78 is 4.80. The average molecular weight is 145 g/mol. The first-order chi connectivity index (χ1) is 4.85. The minimum absolute atomic E-state index is 0.00449. The topological polar surface area (TPSA) is 41.5 Å². The summed E-state index contributed by atoms with van der Waals surface area (Å²) in [6.07, 6.45) is 1.68. The molecule has 0 fully saturated rings. The van der Waals surface area contributed by atoms with Gasteiger partial charge in [0.25, 0.3) is 0 Å². The lowest BCUT2D eigenvalue weighted by molar-refractivity contribution is 0.190. The van der Waals surface area contributed by atoms with Gasteiger partial charge in [-0.25, -0.2) is 0 Å². The molecule has 0 aliphatic carbocycles. The van der Waals surface area contributed by atoms with Crippen LogP contribution < -0.4 is 5.32 Å². The molecule has 0 saturated carbocycles. The highest BCUT2D eigenvalue weighted by atomic mass is 16.5. The van der Waals surface area contributed by atoms with Crippen LogP contribution in [0.4, 0.5) is 0 Å². The maximum absolute atomic E-state index is 8.65. The van der Waals surface area contributed by atoms with Crippen LogP contribution in [0.3, 0.4) is 0 Å². The highest BCUT2D eigenvalue weighted by Crippen LogP contribution is 1.80. The van der Waals surface area contributed by atoms with Gasteiger partial charge >= 0.3 is 0 Å². The fourth-order valence-electron chi connectivity index (χ4n) is 0.569. The third-order valence-electron chi connectivity index (χ3n) is 1.19. The van der Waals surface area contributed by atoms with Crippen LogP contribution in [0.15, 0.2) is 12.7 Å².